The summed E-state index contributed by atoms with van der Waals surface area (Å²) in [5.74, 6) is 0.555. The molecule has 0 aliphatic rings. The van der Waals surface area contributed by atoms with Crippen LogP contribution in [0.25, 0.3) is 0 Å². The molecule has 1 aromatic heterocycles. The molecule has 0 aliphatic carbocycles. The molecule has 0 radical (unpaired) electrons. The lowest BCUT2D eigenvalue weighted by atomic mass is 10.1. The van der Waals surface area contributed by atoms with E-state index in [-0.39, 0.29) is 12.5 Å². The van der Waals surface area contributed by atoms with Crippen molar-refractivity contribution in [2.45, 2.75) is 24.7 Å². The summed E-state index contributed by atoms with van der Waals surface area (Å²) < 4.78 is 26.8. The van der Waals surface area contributed by atoms with E-state index in [0.717, 1.165) is 21.2 Å². The number of rotatable bonds is 8. The van der Waals surface area contributed by atoms with Gasteiger partial charge in [-0.3, -0.25) is 14.4 Å². The predicted molar refractivity (Wildman–Crippen MR) is 123 cm³/mol. The predicted octanol–water partition coefficient (Wildman–Crippen LogP) is 4.18. The van der Waals surface area contributed by atoms with Crippen LogP contribution < -0.4 is 9.62 Å². The van der Waals surface area contributed by atoms with E-state index in [1.807, 2.05) is 38.1 Å². The van der Waals surface area contributed by atoms with Crippen molar-refractivity contribution < 1.29 is 13.2 Å². The second kappa shape index (κ2) is 9.59. The van der Waals surface area contributed by atoms with Crippen molar-refractivity contribution in [3.05, 3.63) is 65.2 Å². The molecule has 0 spiro atoms. The number of sulfonamides is 1. The molecule has 0 fully saturated rings. The Morgan fingerprint density at radius 2 is 1.77 bits per heavy atom. The third kappa shape index (κ3) is 5.80. The zero-order valence-corrected chi connectivity index (χ0v) is 19.3. The van der Waals surface area contributed by atoms with Gasteiger partial charge in [0.25, 0.3) is 5.91 Å². The van der Waals surface area contributed by atoms with Gasteiger partial charge >= 0.3 is 0 Å². The first kappa shape index (κ1) is 22.3. The summed E-state index contributed by atoms with van der Waals surface area (Å²) in [6.45, 7) is 4.21. The Labute approximate surface area is 184 Å². The van der Waals surface area contributed by atoms with Crippen LogP contribution >= 0.6 is 23.1 Å². The van der Waals surface area contributed by atoms with Crippen LogP contribution in [0.2, 0.25) is 0 Å². The maximum absolute atomic E-state index is 12.5. The number of carbonyl (C=O) groups excluding carboxylic acids is 1. The largest absolute Gasteiger partial charge is 0.296 e. The molecule has 0 saturated heterocycles. The van der Waals surface area contributed by atoms with Crippen LogP contribution in [0.5, 0.6) is 0 Å². The smallest absolute Gasteiger partial charge is 0.257 e. The number of hydrogen-bond acceptors (Lipinski definition) is 7. The minimum Gasteiger partial charge on any atom is -0.296 e. The van der Waals surface area contributed by atoms with Crippen molar-refractivity contribution in [2.24, 2.45) is 0 Å². The van der Waals surface area contributed by atoms with E-state index in [0.29, 0.717) is 16.4 Å². The van der Waals surface area contributed by atoms with Gasteiger partial charge in [-0.05, 0) is 42.5 Å². The van der Waals surface area contributed by atoms with Crippen LogP contribution in [0.3, 0.4) is 0 Å². The molecule has 7 nitrogen and oxygen atoms in total. The Hall–Kier alpha value is -2.43. The zero-order valence-electron chi connectivity index (χ0n) is 16.8. The van der Waals surface area contributed by atoms with Crippen molar-refractivity contribution in [3.63, 3.8) is 0 Å². The zero-order chi connectivity index (χ0) is 21.7. The van der Waals surface area contributed by atoms with Gasteiger partial charge in [-0.1, -0.05) is 59.9 Å². The summed E-state index contributed by atoms with van der Waals surface area (Å²) in [6.07, 6.45) is 1.17. The molecule has 10 heteroatoms. The number of nitrogens with zero attached hydrogens (tertiary/aromatic N) is 3. The Kier molecular flexibility index (Phi) is 7.11. The monoisotopic (exact) mass is 462 g/mol. The minimum absolute atomic E-state index is 0.216. The number of anilines is 2. The number of thioether (sulfide) groups is 1. The number of hydrogen-bond donors (Lipinski definition) is 1. The lowest BCUT2D eigenvalue weighted by Gasteiger charge is -2.23. The van der Waals surface area contributed by atoms with Crippen molar-refractivity contribution in [1.29, 1.82) is 0 Å². The Bertz CT molecular complexity index is 1110. The molecule has 1 amide bonds. The summed E-state index contributed by atoms with van der Waals surface area (Å²) in [4.78, 5) is 12.5. The highest BCUT2D eigenvalue weighted by Crippen LogP contribution is 2.26. The van der Waals surface area contributed by atoms with E-state index in [4.69, 9.17) is 0 Å². The fourth-order valence-electron chi connectivity index (χ4n) is 2.65. The highest BCUT2D eigenvalue weighted by atomic mass is 32.2. The maximum Gasteiger partial charge on any atom is 0.257 e. The number of benzene rings is 2. The summed E-state index contributed by atoms with van der Waals surface area (Å²) in [7, 11) is -3.50. The number of amides is 1. The fourth-order valence-corrected chi connectivity index (χ4v) is 5.18. The normalized spacial score (nSPS) is 11.3. The van der Waals surface area contributed by atoms with Crippen molar-refractivity contribution >= 4 is 49.8 Å². The molecule has 0 saturated carbocycles. The van der Waals surface area contributed by atoms with Crippen LogP contribution in [0.15, 0.2) is 52.9 Å². The van der Waals surface area contributed by atoms with Crippen LogP contribution in [0.1, 0.15) is 28.4 Å². The van der Waals surface area contributed by atoms with Crippen LogP contribution in [-0.2, 0) is 16.6 Å². The van der Waals surface area contributed by atoms with Gasteiger partial charge in [-0.2, -0.15) is 0 Å². The van der Waals surface area contributed by atoms with Gasteiger partial charge in [0.2, 0.25) is 15.2 Å². The molecule has 3 rings (SSSR count). The molecular weight excluding hydrogens is 440 g/mol. The Morgan fingerprint density at radius 3 is 2.37 bits per heavy atom. The molecule has 3 aromatic rings. The molecule has 0 unspecified atom stereocenters. The quantitative estimate of drug-likeness (QED) is 0.399. The molecule has 0 atom stereocenters. The van der Waals surface area contributed by atoms with E-state index in [1.165, 1.54) is 21.9 Å². The first-order chi connectivity index (χ1) is 14.3. The lowest BCUT2D eigenvalue weighted by Crippen LogP contribution is -2.29. The van der Waals surface area contributed by atoms with Gasteiger partial charge in [0.1, 0.15) is 0 Å². The summed E-state index contributed by atoms with van der Waals surface area (Å²) >= 11 is 2.87. The van der Waals surface area contributed by atoms with E-state index < -0.39 is 10.0 Å². The summed E-state index contributed by atoms with van der Waals surface area (Å²) in [6, 6.07) is 14.2. The van der Waals surface area contributed by atoms with Crippen LogP contribution in [0.4, 0.5) is 10.8 Å². The van der Waals surface area contributed by atoms with E-state index >= 15 is 0 Å². The first-order valence-corrected chi connectivity index (χ1v) is 12.8. The number of aromatic nitrogens is 2. The molecular formula is C20H22N4O3S3. The lowest BCUT2D eigenvalue weighted by molar-refractivity contribution is 0.102. The third-order valence-electron chi connectivity index (χ3n) is 4.16. The standard InChI is InChI=1S/C20H22N4O3S3/c1-4-28-20-23-22-19(29-20)21-18(25)16-9-11-17(12-10-16)24(30(3,26)27)13-15-7-5-14(2)6-8-15/h5-12H,4,13H2,1-3H3,(H,21,22,25). The summed E-state index contributed by atoms with van der Waals surface area (Å²) in [5, 5.41) is 11.1. The van der Waals surface area contributed by atoms with Crippen molar-refractivity contribution in [1.82, 2.24) is 10.2 Å². The van der Waals surface area contributed by atoms with Crippen molar-refractivity contribution in [3.8, 4) is 0 Å². The van der Waals surface area contributed by atoms with Crippen LogP contribution in [-0.4, -0.2) is 36.5 Å². The van der Waals surface area contributed by atoms with Gasteiger partial charge < -0.3 is 0 Å². The average Bonchev–Trinajstić information content (AvgIpc) is 3.14. The third-order valence-corrected chi connectivity index (χ3v) is 7.15. The fraction of sp³-hybridized carbons (Fsp3) is 0.250. The highest BCUT2D eigenvalue weighted by Gasteiger charge is 2.19. The molecule has 158 valence electrons. The number of aryl methyl sites for hydroxylation is 1. The molecule has 30 heavy (non-hydrogen) atoms. The summed E-state index contributed by atoms with van der Waals surface area (Å²) in [5.41, 5.74) is 2.88. The first-order valence-electron chi connectivity index (χ1n) is 9.17. The number of nitrogens with one attached hydrogen (secondary N) is 1. The Balaban J connectivity index is 1.75. The Morgan fingerprint density at radius 1 is 1.10 bits per heavy atom. The average molecular weight is 463 g/mol. The number of carbonyl (C=O) groups is 1. The van der Waals surface area contributed by atoms with E-state index in [2.05, 4.69) is 15.5 Å². The minimum atomic E-state index is -3.50. The highest BCUT2D eigenvalue weighted by molar-refractivity contribution is 8.01. The van der Waals surface area contributed by atoms with E-state index in [1.54, 1.807) is 36.0 Å². The van der Waals surface area contributed by atoms with Gasteiger partial charge in [-0.25, -0.2) is 8.42 Å². The van der Waals surface area contributed by atoms with Crippen LogP contribution in [0, 0.1) is 6.92 Å². The second-order valence-electron chi connectivity index (χ2n) is 6.56. The van der Waals surface area contributed by atoms with Gasteiger partial charge in [0.05, 0.1) is 18.5 Å². The van der Waals surface area contributed by atoms with E-state index in [9.17, 15) is 13.2 Å². The topological polar surface area (TPSA) is 92.3 Å². The molecule has 1 heterocycles. The van der Waals surface area contributed by atoms with Crippen molar-refractivity contribution in [2.75, 3.05) is 21.6 Å². The van der Waals surface area contributed by atoms with Gasteiger partial charge in [-0.15, -0.1) is 10.2 Å². The molecule has 0 aliphatic heterocycles. The molecule has 1 N–H and O–H groups in total. The molecule has 2 aromatic carbocycles. The van der Waals surface area contributed by atoms with Gasteiger partial charge in [0.15, 0.2) is 4.34 Å². The van der Waals surface area contributed by atoms with Gasteiger partial charge in [0, 0.05) is 5.56 Å². The second-order valence-corrected chi connectivity index (χ2v) is 11.0. The molecule has 0 bridgehead atoms. The SMILES string of the molecule is CCSc1nnc(NC(=O)c2ccc(N(Cc3ccc(C)cc3)S(C)(=O)=O)cc2)s1. The maximum atomic E-state index is 12.5.